The Bertz CT molecular complexity index is 275. The molecule has 9 heteroatoms. The molecule has 118 valence electrons. The van der Waals surface area contributed by atoms with Crippen molar-refractivity contribution in [3.63, 3.8) is 0 Å². The summed E-state index contributed by atoms with van der Waals surface area (Å²) in [5.74, 6) is 0.0458. The van der Waals surface area contributed by atoms with E-state index in [-0.39, 0.29) is 18.3 Å². The third kappa shape index (κ3) is 16.9. The fraction of sp³-hybridized carbons (Fsp3) is 0.909. The maximum Gasteiger partial charge on any atom is 0.220 e. The summed E-state index contributed by atoms with van der Waals surface area (Å²) in [4.78, 5) is 13.9. The highest BCUT2D eigenvalue weighted by Gasteiger charge is 1.99. The van der Waals surface area contributed by atoms with Gasteiger partial charge in [-0.2, -0.15) is 0 Å². The van der Waals surface area contributed by atoms with Crippen molar-refractivity contribution >= 4 is 18.3 Å². The number of rotatable bonds is 13. The third-order valence-corrected chi connectivity index (χ3v) is 2.17. The van der Waals surface area contributed by atoms with Gasteiger partial charge in [-0.05, 0) is 25.5 Å². The molecule has 2 N–H and O–H groups in total. The van der Waals surface area contributed by atoms with E-state index in [9.17, 15) is 4.79 Å². The zero-order chi connectivity index (χ0) is 14.2. The Labute approximate surface area is 125 Å². The molecule has 0 aliphatic carbocycles. The molecular weight excluding hydrogens is 286 g/mol. The van der Waals surface area contributed by atoms with Crippen LogP contribution in [0, 0.1) is 0 Å². The van der Waals surface area contributed by atoms with Gasteiger partial charge in [-0.15, -0.1) is 12.4 Å². The zero-order valence-corrected chi connectivity index (χ0v) is 12.7. The minimum absolute atomic E-state index is 0. The summed E-state index contributed by atoms with van der Waals surface area (Å²) >= 11 is 0. The topological polar surface area (TPSA) is 108 Å². The Morgan fingerprint density at radius 2 is 1.90 bits per heavy atom. The van der Waals surface area contributed by atoms with Crippen LogP contribution in [-0.4, -0.2) is 59.0 Å². The Morgan fingerprint density at radius 3 is 2.55 bits per heavy atom. The molecule has 0 bridgehead atoms. The number of nitrogens with zero attached hydrogens (tertiary/aromatic N) is 3. The average Bonchev–Trinajstić information content (AvgIpc) is 2.41. The normalized spacial score (nSPS) is 9.45. The van der Waals surface area contributed by atoms with Crippen molar-refractivity contribution in [3.8, 4) is 0 Å². The number of halogens is 1. The smallest absolute Gasteiger partial charge is 0.220 e. The molecular formula is C11H24ClN5O3. The van der Waals surface area contributed by atoms with E-state index in [1.807, 2.05) is 7.05 Å². The van der Waals surface area contributed by atoms with E-state index in [4.69, 9.17) is 15.0 Å². The summed E-state index contributed by atoms with van der Waals surface area (Å²) in [7, 11) is 1.86. The van der Waals surface area contributed by atoms with E-state index in [0.29, 0.717) is 45.9 Å². The van der Waals surface area contributed by atoms with Crippen molar-refractivity contribution in [2.75, 3.05) is 53.1 Å². The number of carbonyl (C=O) groups excluding carboxylic acids is 1. The van der Waals surface area contributed by atoms with Crippen LogP contribution in [-0.2, 0) is 14.3 Å². The van der Waals surface area contributed by atoms with E-state index in [1.165, 1.54) is 0 Å². The Balaban J connectivity index is 0. The van der Waals surface area contributed by atoms with Gasteiger partial charge in [-0.1, -0.05) is 5.11 Å². The van der Waals surface area contributed by atoms with E-state index in [1.54, 1.807) is 0 Å². The number of hydrogen-bond acceptors (Lipinski definition) is 5. The van der Waals surface area contributed by atoms with Crippen LogP contribution in [0.1, 0.15) is 12.8 Å². The first-order chi connectivity index (χ1) is 9.31. The number of carbonyl (C=O) groups is 1. The largest absolute Gasteiger partial charge is 0.379 e. The van der Waals surface area contributed by atoms with Gasteiger partial charge in [0.25, 0.3) is 0 Å². The van der Waals surface area contributed by atoms with Crippen LogP contribution in [0.5, 0.6) is 0 Å². The van der Waals surface area contributed by atoms with Crippen molar-refractivity contribution in [2.24, 2.45) is 5.11 Å². The van der Waals surface area contributed by atoms with Crippen LogP contribution >= 0.6 is 12.4 Å². The summed E-state index contributed by atoms with van der Waals surface area (Å²) < 4.78 is 10.4. The lowest BCUT2D eigenvalue weighted by Crippen LogP contribution is -2.28. The molecule has 0 aromatic carbocycles. The highest BCUT2D eigenvalue weighted by Crippen LogP contribution is 1.86. The third-order valence-electron chi connectivity index (χ3n) is 2.17. The Kier molecular flexibility index (Phi) is 19.1. The van der Waals surface area contributed by atoms with Crippen LogP contribution in [0.4, 0.5) is 0 Å². The standard InChI is InChI=1S/C11H23N5O3.ClH/c1-13-4-2-3-11(17)14-5-7-18-9-10-19-8-6-15-16-12;/h13H,2-10H2,1H3,(H,14,17);1H. The molecule has 0 rings (SSSR count). The number of hydrogen-bond donors (Lipinski definition) is 2. The first-order valence-electron chi connectivity index (χ1n) is 6.39. The fourth-order valence-corrected chi connectivity index (χ4v) is 1.25. The lowest BCUT2D eigenvalue weighted by Gasteiger charge is -2.06. The van der Waals surface area contributed by atoms with Gasteiger partial charge < -0.3 is 20.1 Å². The summed E-state index contributed by atoms with van der Waals surface area (Å²) in [6.07, 6.45) is 1.37. The van der Waals surface area contributed by atoms with Crippen LogP contribution in [0.3, 0.4) is 0 Å². The molecule has 0 spiro atoms. The molecule has 20 heavy (non-hydrogen) atoms. The average molecular weight is 310 g/mol. The van der Waals surface area contributed by atoms with Crippen LogP contribution in [0.2, 0.25) is 0 Å². The minimum Gasteiger partial charge on any atom is -0.379 e. The molecule has 0 atom stereocenters. The van der Waals surface area contributed by atoms with Crippen molar-refractivity contribution < 1.29 is 14.3 Å². The number of amides is 1. The molecule has 8 nitrogen and oxygen atoms in total. The SMILES string of the molecule is CNCCCC(=O)NCCOCCOCCN=[N+]=[N-].Cl. The van der Waals surface area contributed by atoms with Gasteiger partial charge in [-0.3, -0.25) is 4.79 Å². The number of azide groups is 1. The Morgan fingerprint density at radius 1 is 1.20 bits per heavy atom. The highest BCUT2D eigenvalue weighted by molar-refractivity contribution is 5.85. The quantitative estimate of drug-likeness (QED) is 0.228. The molecule has 0 saturated heterocycles. The van der Waals surface area contributed by atoms with Gasteiger partial charge in [0, 0.05) is 24.4 Å². The lowest BCUT2D eigenvalue weighted by molar-refractivity contribution is -0.121. The molecule has 0 aromatic rings. The van der Waals surface area contributed by atoms with E-state index in [2.05, 4.69) is 20.7 Å². The van der Waals surface area contributed by atoms with Crippen molar-refractivity contribution in [3.05, 3.63) is 10.4 Å². The molecule has 0 aliphatic heterocycles. The molecule has 0 unspecified atom stereocenters. The summed E-state index contributed by atoms with van der Waals surface area (Å²) in [6.45, 7) is 3.48. The first-order valence-corrected chi connectivity index (χ1v) is 6.39. The van der Waals surface area contributed by atoms with Crippen molar-refractivity contribution in [1.82, 2.24) is 10.6 Å². The van der Waals surface area contributed by atoms with Gasteiger partial charge in [0.15, 0.2) is 0 Å². The van der Waals surface area contributed by atoms with Gasteiger partial charge >= 0.3 is 0 Å². The van der Waals surface area contributed by atoms with Gasteiger partial charge in [0.2, 0.25) is 5.91 Å². The fourth-order valence-electron chi connectivity index (χ4n) is 1.25. The van der Waals surface area contributed by atoms with Crippen LogP contribution < -0.4 is 10.6 Å². The minimum atomic E-state index is 0. The number of ether oxygens (including phenoxy) is 2. The lowest BCUT2D eigenvalue weighted by atomic mass is 10.3. The second-order valence-corrected chi connectivity index (χ2v) is 3.74. The number of nitrogens with one attached hydrogen (secondary N) is 2. The Hall–Kier alpha value is -1.05. The van der Waals surface area contributed by atoms with Crippen LogP contribution in [0.15, 0.2) is 5.11 Å². The van der Waals surface area contributed by atoms with E-state index >= 15 is 0 Å². The second-order valence-electron chi connectivity index (χ2n) is 3.74. The molecule has 0 heterocycles. The summed E-state index contributed by atoms with van der Waals surface area (Å²) in [5, 5.41) is 9.09. The summed E-state index contributed by atoms with van der Waals surface area (Å²) in [6, 6.07) is 0. The second kappa shape index (κ2) is 17.9. The van der Waals surface area contributed by atoms with Gasteiger partial charge in [-0.25, -0.2) is 0 Å². The first kappa shape index (κ1) is 21.3. The molecule has 0 radical (unpaired) electrons. The highest BCUT2D eigenvalue weighted by atomic mass is 35.5. The molecule has 0 aromatic heterocycles. The molecule has 1 amide bonds. The summed E-state index contributed by atoms with van der Waals surface area (Å²) in [5.41, 5.74) is 8.02. The van der Waals surface area contributed by atoms with Crippen LogP contribution in [0.25, 0.3) is 10.4 Å². The van der Waals surface area contributed by atoms with E-state index < -0.39 is 0 Å². The van der Waals surface area contributed by atoms with Gasteiger partial charge in [0.05, 0.1) is 26.4 Å². The van der Waals surface area contributed by atoms with Gasteiger partial charge in [0.1, 0.15) is 0 Å². The maximum atomic E-state index is 11.3. The predicted octanol–water partition coefficient (Wildman–Crippen LogP) is 0.867. The zero-order valence-electron chi connectivity index (χ0n) is 11.8. The maximum absolute atomic E-state index is 11.3. The monoisotopic (exact) mass is 309 g/mol. The van der Waals surface area contributed by atoms with E-state index in [0.717, 1.165) is 13.0 Å². The molecule has 0 fully saturated rings. The van der Waals surface area contributed by atoms with Crippen molar-refractivity contribution in [1.29, 1.82) is 0 Å². The molecule has 0 aliphatic rings. The van der Waals surface area contributed by atoms with Crippen molar-refractivity contribution in [2.45, 2.75) is 12.8 Å². The molecule has 0 saturated carbocycles. The predicted molar refractivity (Wildman–Crippen MR) is 79.1 cm³/mol.